The van der Waals surface area contributed by atoms with E-state index in [-0.39, 0.29) is 17.9 Å². The van der Waals surface area contributed by atoms with Crippen molar-refractivity contribution >= 4 is 23.2 Å². The second kappa shape index (κ2) is 7.21. The summed E-state index contributed by atoms with van der Waals surface area (Å²) >= 11 is 0. The number of carbonyl (C=O) groups is 2. The van der Waals surface area contributed by atoms with Gasteiger partial charge in [0.25, 0.3) is 0 Å². The highest BCUT2D eigenvalue weighted by Crippen LogP contribution is 2.34. The highest BCUT2D eigenvalue weighted by Gasteiger charge is 2.26. The molecule has 2 unspecified atom stereocenters. The van der Waals surface area contributed by atoms with Crippen molar-refractivity contribution in [3.8, 4) is 5.75 Å². The summed E-state index contributed by atoms with van der Waals surface area (Å²) in [4.78, 5) is 26.1. The Morgan fingerprint density at radius 3 is 2.92 bits per heavy atom. The van der Waals surface area contributed by atoms with Crippen LogP contribution in [-0.4, -0.2) is 38.1 Å². The predicted octanol–water partition coefficient (Wildman–Crippen LogP) is 2.15. The van der Waals surface area contributed by atoms with Crippen LogP contribution >= 0.6 is 0 Å². The Kier molecular flexibility index (Phi) is 5.04. The Morgan fingerprint density at radius 1 is 1.42 bits per heavy atom. The maximum absolute atomic E-state index is 12.4. The molecule has 2 amide bonds. The van der Waals surface area contributed by atoms with Crippen LogP contribution in [-0.2, 0) is 9.59 Å². The summed E-state index contributed by atoms with van der Waals surface area (Å²) in [6.45, 7) is 3.76. The summed E-state index contributed by atoms with van der Waals surface area (Å²) in [6, 6.07) is 5.30. The number of carbonyl (C=O) groups excluding carboxylic acids is 2. The fourth-order valence-corrected chi connectivity index (χ4v) is 3.42. The Bertz CT molecular complexity index is 632. The van der Waals surface area contributed by atoms with Crippen LogP contribution in [0.3, 0.4) is 0 Å². The summed E-state index contributed by atoms with van der Waals surface area (Å²) in [5, 5.41) is 6.21. The van der Waals surface area contributed by atoms with Gasteiger partial charge in [0.15, 0.2) is 0 Å². The normalized spacial score (nSPS) is 24.1. The average Bonchev–Trinajstić information content (AvgIpc) is 3.00. The number of hydrogen-bond acceptors (Lipinski definition) is 4. The zero-order valence-electron chi connectivity index (χ0n) is 14.3. The van der Waals surface area contributed by atoms with E-state index in [0.717, 1.165) is 31.5 Å². The number of ether oxygens (including phenoxy) is 1. The zero-order chi connectivity index (χ0) is 17.1. The fraction of sp³-hybridized carbons (Fsp3) is 0.556. The third-order valence-electron chi connectivity index (χ3n) is 4.79. The molecule has 1 aromatic rings. The van der Waals surface area contributed by atoms with Crippen molar-refractivity contribution in [2.75, 3.05) is 30.4 Å². The summed E-state index contributed by atoms with van der Waals surface area (Å²) < 4.78 is 5.43. The molecular weight excluding hydrogens is 306 g/mol. The standard InChI is InChI=1S/C18H25N3O3/c1-12-7-8-19-14(10-12)18(23)20-13-5-6-15(16(11-13)24-2)21-9-3-4-17(21)22/h5-6,11-12,14,19H,3-4,7-10H2,1-2H3,(H,20,23). The highest BCUT2D eigenvalue weighted by atomic mass is 16.5. The minimum Gasteiger partial charge on any atom is -0.494 e. The van der Waals surface area contributed by atoms with E-state index in [4.69, 9.17) is 4.74 Å². The van der Waals surface area contributed by atoms with Crippen molar-refractivity contribution in [1.82, 2.24) is 5.32 Å². The van der Waals surface area contributed by atoms with Gasteiger partial charge in [0.05, 0.1) is 18.8 Å². The summed E-state index contributed by atoms with van der Waals surface area (Å²) in [5.41, 5.74) is 1.45. The molecule has 6 nitrogen and oxygen atoms in total. The topological polar surface area (TPSA) is 70.7 Å². The molecule has 0 spiro atoms. The van der Waals surface area contributed by atoms with Gasteiger partial charge in [-0.25, -0.2) is 0 Å². The molecule has 6 heteroatoms. The Morgan fingerprint density at radius 2 is 2.25 bits per heavy atom. The van der Waals surface area contributed by atoms with Crippen LogP contribution in [0, 0.1) is 5.92 Å². The van der Waals surface area contributed by atoms with Crippen molar-refractivity contribution in [3.05, 3.63) is 18.2 Å². The van der Waals surface area contributed by atoms with E-state index in [1.165, 1.54) is 0 Å². The van der Waals surface area contributed by atoms with E-state index in [1.54, 1.807) is 18.1 Å². The number of nitrogens with zero attached hydrogens (tertiary/aromatic N) is 1. The highest BCUT2D eigenvalue weighted by molar-refractivity contribution is 5.98. The summed E-state index contributed by atoms with van der Waals surface area (Å²) in [7, 11) is 1.58. The lowest BCUT2D eigenvalue weighted by Gasteiger charge is -2.27. The van der Waals surface area contributed by atoms with Gasteiger partial charge in [-0.3, -0.25) is 9.59 Å². The zero-order valence-corrected chi connectivity index (χ0v) is 14.3. The van der Waals surface area contributed by atoms with Crippen LogP contribution in [0.15, 0.2) is 18.2 Å². The number of amides is 2. The van der Waals surface area contributed by atoms with E-state index in [1.807, 2.05) is 12.1 Å². The Hall–Kier alpha value is -2.08. The lowest BCUT2D eigenvalue weighted by atomic mass is 9.94. The van der Waals surface area contributed by atoms with Gasteiger partial charge in [0.1, 0.15) is 5.75 Å². The molecule has 3 rings (SSSR count). The van der Waals surface area contributed by atoms with E-state index in [9.17, 15) is 9.59 Å². The molecule has 130 valence electrons. The number of rotatable bonds is 4. The molecule has 0 aromatic heterocycles. The molecule has 2 saturated heterocycles. The van der Waals surface area contributed by atoms with Gasteiger partial charge in [-0.05, 0) is 43.9 Å². The van der Waals surface area contributed by atoms with Gasteiger partial charge < -0.3 is 20.3 Å². The SMILES string of the molecule is COc1cc(NC(=O)C2CC(C)CCN2)ccc1N1CCCC1=O. The Balaban J connectivity index is 1.72. The van der Waals surface area contributed by atoms with Crippen molar-refractivity contribution in [2.24, 2.45) is 5.92 Å². The second-order valence-electron chi connectivity index (χ2n) is 6.66. The van der Waals surface area contributed by atoms with Crippen LogP contribution in [0.1, 0.15) is 32.6 Å². The first-order valence-corrected chi connectivity index (χ1v) is 8.61. The van der Waals surface area contributed by atoms with Gasteiger partial charge in [0.2, 0.25) is 11.8 Å². The largest absolute Gasteiger partial charge is 0.494 e. The van der Waals surface area contributed by atoms with Crippen LogP contribution < -0.4 is 20.3 Å². The van der Waals surface area contributed by atoms with E-state index >= 15 is 0 Å². The molecule has 2 fully saturated rings. The minimum atomic E-state index is -0.153. The van der Waals surface area contributed by atoms with E-state index in [2.05, 4.69) is 17.6 Å². The number of methoxy groups -OCH3 is 1. The van der Waals surface area contributed by atoms with Crippen LogP contribution in [0.4, 0.5) is 11.4 Å². The third kappa shape index (κ3) is 3.53. The molecule has 2 heterocycles. The molecule has 0 bridgehead atoms. The molecule has 1 aromatic carbocycles. The van der Waals surface area contributed by atoms with Crippen molar-refractivity contribution in [3.63, 3.8) is 0 Å². The number of hydrogen-bond donors (Lipinski definition) is 2. The molecule has 0 radical (unpaired) electrons. The lowest BCUT2D eigenvalue weighted by Crippen LogP contribution is -2.45. The van der Waals surface area contributed by atoms with E-state index in [0.29, 0.717) is 30.3 Å². The maximum atomic E-state index is 12.4. The van der Waals surface area contributed by atoms with Gasteiger partial charge in [0, 0.05) is 24.7 Å². The number of piperidine rings is 1. The van der Waals surface area contributed by atoms with Crippen molar-refractivity contribution in [2.45, 2.75) is 38.6 Å². The summed E-state index contributed by atoms with van der Waals surface area (Å²) in [6.07, 6.45) is 3.40. The monoisotopic (exact) mass is 331 g/mol. The molecule has 2 N–H and O–H groups in total. The summed E-state index contributed by atoms with van der Waals surface area (Å²) in [5.74, 6) is 1.26. The lowest BCUT2D eigenvalue weighted by molar-refractivity contribution is -0.119. The molecule has 2 aliphatic rings. The average molecular weight is 331 g/mol. The first-order valence-electron chi connectivity index (χ1n) is 8.61. The quantitative estimate of drug-likeness (QED) is 0.887. The van der Waals surface area contributed by atoms with Gasteiger partial charge >= 0.3 is 0 Å². The van der Waals surface area contributed by atoms with Crippen LogP contribution in [0.2, 0.25) is 0 Å². The Labute approximate surface area is 142 Å². The molecule has 0 aliphatic carbocycles. The first kappa shape index (κ1) is 16.8. The molecule has 24 heavy (non-hydrogen) atoms. The smallest absolute Gasteiger partial charge is 0.241 e. The van der Waals surface area contributed by atoms with Gasteiger partial charge in [-0.2, -0.15) is 0 Å². The third-order valence-corrected chi connectivity index (χ3v) is 4.79. The van der Waals surface area contributed by atoms with Crippen molar-refractivity contribution in [1.29, 1.82) is 0 Å². The minimum absolute atomic E-state index is 0.0198. The predicted molar refractivity (Wildman–Crippen MR) is 93.4 cm³/mol. The molecular formula is C18H25N3O3. The maximum Gasteiger partial charge on any atom is 0.241 e. The van der Waals surface area contributed by atoms with Crippen molar-refractivity contribution < 1.29 is 14.3 Å². The van der Waals surface area contributed by atoms with Crippen LogP contribution in [0.5, 0.6) is 5.75 Å². The second-order valence-corrected chi connectivity index (χ2v) is 6.66. The number of nitrogens with one attached hydrogen (secondary N) is 2. The molecule has 2 aliphatic heterocycles. The van der Waals surface area contributed by atoms with E-state index < -0.39 is 0 Å². The molecule has 2 atom stereocenters. The van der Waals surface area contributed by atoms with Gasteiger partial charge in [-0.15, -0.1) is 0 Å². The van der Waals surface area contributed by atoms with Gasteiger partial charge in [-0.1, -0.05) is 6.92 Å². The first-order chi connectivity index (χ1) is 11.6. The van der Waals surface area contributed by atoms with Crippen LogP contribution in [0.25, 0.3) is 0 Å². The molecule has 0 saturated carbocycles. The number of benzene rings is 1. The number of anilines is 2. The fourth-order valence-electron chi connectivity index (χ4n) is 3.42.